The molecule has 1 aliphatic heterocycles. The van der Waals surface area contributed by atoms with E-state index in [0.717, 1.165) is 12.1 Å². The minimum absolute atomic E-state index is 0.000112. The third-order valence-electron chi connectivity index (χ3n) is 5.38. The first-order chi connectivity index (χ1) is 13.9. The molecule has 2 amide bonds. The van der Waals surface area contributed by atoms with E-state index in [1.807, 2.05) is 61.9 Å². The van der Waals surface area contributed by atoms with Gasteiger partial charge in [0.2, 0.25) is 5.91 Å². The van der Waals surface area contributed by atoms with E-state index in [1.54, 1.807) is 12.1 Å². The maximum Gasteiger partial charge on any atom is 0.412 e. The molecule has 1 aromatic heterocycles. The van der Waals surface area contributed by atoms with Crippen LogP contribution in [0.25, 0.3) is 0 Å². The van der Waals surface area contributed by atoms with Gasteiger partial charge < -0.3 is 9.64 Å². The van der Waals surface area contributed by atoms with Crippen molar-refractivity contribution in [3.05, 3.63) is 47.8 Å². The Balaban J connectivity index is 1.59. The van der Waals surface area contributed by atoms with Gasteiger partial charge >= 0.3 is 6.09 Å². The second kappa shape index (κ2) is 8.13. The third kappa shape index (κ3) is 5.40. The van der Waals surface area contributed by atoms with Crippen molar-refractivity contribution in [1.29, 1.82) is 0 Å². The van der Waals surface area contributed by atoms with Crippen LogP contribution in [0, 0.1) is 5.41 Å². The lowest BCUT2D eigenvalue weighted by Gasteiger charge is -2.24. The van der Waals surface area contributed by atoms with Gasteiger partial charge in [-0.05, 0) is 49.4 Å². The van der Waals surface area contributed by atoms with Crippen molar-refractivity contribution in [2.75, 3.05) is 18.4 Å². The summed E-state index contributed by atoms with van der Waals surface area (Å²) in [5.41, 5.74) is 2.18. The van der Waals surface area contributed by atoms with Crippen molar-refractivity contribution in [2.24, 2.45) is 12.5 Å². The Morgan fingerprint density at radius 3 is 2.47 bits per heavy atom. The number of hydrogen-bond acceptors (Lipinski definition) is 4. The Labute approximate surface area is 178 Å². The molecule has 0 radical (unpaired) electrons. The monoisotopic (exact) mass is 412 g/mol. The van der Waals surface area contributed by atoms with Crippen LogP contribution >= 0.6 is 0 Å². The van der Waals surface area contributed by atoms with Gasteiger partial charge in [-0.15, -0.1) is 0 Å². The number of ether oxygens (including phenoxy) is 1. The minimum atomic E-state index is -0.548. The molecule has 0 bridgehead atoms. The van der Waals surface area contributed by atoms with Gasteiger partial charge in [-0.2, -0.15) is 5.10 Å². The fourth-order valence-corrected chi connectivity index (χ4v) is 3.91. The highest BCUT2D eigenvalue weighted by Gasteiger charge is 2.42. The average molecular weight is 413 g/mol. The van der Waals surface area contributed by atoms with Gasteiger partial charge in [0, 0.05) is 37.9 Å². The van der Waals surface area contributed by atoms with Gasteiger partial charge in [-0.3, -0.25) is 14.8 Å². The second-order valence-corrected chi connectivity index (χ2v) is 9.76. The van der Waals surface area contributed by atoms with Crippen molar-refractivity contribution in [3.8, 4) is 0 Å². The van der Waals surface area contributed by atoms with Gasteiger partial charge in [0.25, 0.3) is 0 Å². The fourth-order valence-electron chi connectivity index (χ4n) is 3.91. The van der Waals surface area contributed by atoms with E-state index in [2.05, 4.69) is 24.3 Å². The predicted molar refractivity (Wildman–Crippen MR) is 116 cm³/mol. The van der Waals surface area contributed by atoms with Crippen molar-refractivity contribution in [1.82, 2.24) is 14.7 Å². The molecule has 30 heavy (non-hydrogen) atoms. The average Bonchev–Trinajstić information content (AvgIpc) is 3.17. The van der Waals surface area contributed by atoms with E-state index in [9.17, 15) is 9.59 Å². The van der Waals surface area contributed by atoms with Gasteiger partial charge in [0.1, 0.15) is 5.60 Å². The van der Waals surface area contributed by atoms with E-state index in [1.165, 1.54) is 5.56 Å². The van der Waals surface area contributed by atoms with Gasteiger partial charge in [0.05, 0.1) is 12.6 Å². The number of amides is 2. The fraction of sp³-hybridized carbons (Fsp3) is 0.522. The van der Waals surface area contributed by atoms with E-state index < -0.39 is 11.7 Å². The summed E-state index contributed by atoms with van der Waals surface area (Å²) in [6, 6.07) is 7.31. The Morgan fingerprint density at radius 1 is 1.23 bits per heavy atom. The van der Waals surface area contributed by atoms with Crippen LogP contribution in [0.1, 0.15) is 51.7 Å². The number of benzene rings is 1. The number of likely N-dealkylation sites (tertiary alicyclic amines) is 1. The number of rotatable bonds is 4. The van der Waals surface area contributed by atoms with Crippen LogP contribution in [-0.2, 0) is 23.0 Å². The quantitative estimate of drug-likeness (QED) is 0.825. The molecule has 2 aromatic rings. The Hall–Kier alpha value is -2.83. The Bertz CT molecular complexity index is 909. The first-order valence-corrected chi connectivity index (χ1v) is 10.3. The molecule has 0 aliphatic carbocycles. The van der Waals surface area contributed by atoms with E-state index in [-0.39, 0.29) is 17.2 Å². The molecule has 1 fully saturated rings. The maximum absolute atomic E-state index is 12.9. The molecule has 1 aromatic carbocycles. The molecule has 2 heterocycles. The number of nitrogens with one attached hydrogen (secondary N) is 1. The molecular weight excluding hydrogens is 380 g/mol. The van der Waals surface area contributed by atoms with Crippen molar-refractivity contribution in [2.45, 2.75) is 52.6 Å². The summed E-state index contributed by atoms with van der Waals surface area (Å²) in [6.07, 6.45) is 3.78. The number of aryl methyl sites for hydroxylation is 1. The first kappa shape index (κ1) is 21.9. The second-order valence-electron chi connectivity index (χ2n) is 9.76. The Morgan fingerprint density at radius 2 is 1.90 bits per heavy atom. The zero-order valence-corrected chi connectivity index (χ0v) is 18.7. The van der Waals surface area contributed by atoms with Gasteiger partial charge in [-0.25, -0.2) is 4.79 Å². The summed E-state index contributed by atoms with van der Waals surface area (Å²) in [5, 5.41) is 6.99. The predicted octanol–water partition coefficient (Wildman–Crippen LogP) is 3.96. The Kier molecular flexibility index (Phi) is 5.92. The van der Waals surface area contributed by atoms with Crippen LogP contribution in [0.5, 0.6) is 0 Å². The number of carbonyl (C=O) groups excluding carboxylic acids is 2. The highest BCUT2D eigenvalue weighted by atomic mass is 16.6. The third-order valence-corrected chi connectivity index (χ3v) is 5.38. The molecular formula is C23H32N4O3. The topological polar surface area (TPSA) is 76.5 Å². The number of carbonyl (C=O) groups is 2. The number of nitrogens with zero attached hydrogens (tertiary/aromatic N) is 3. The van der Waals surface area contributed by atoms with E-state index >= 15 is 0 Å². The molecule has 162 valence electrons. The van der Waals surface area contributed by atoms with Crippen molar-refractivity contribution < 1.29 is 14.3 Å². The SMILES string of the molecule is Cn1cc(C2CN(C(=O)Cc3ccc(NC(=O)OC(C)(C)C)cc3)CC2(C)C)cn1. The summed E-state index contributed by atoms with van der Waals surface area (Å²) in [6.45, 7) is 11.3. The molecule has 1 saturated heterocycles. The summed E-state index contributed by atoms with van der Waals surface area (Å²) in [7, 11) is 1.91. The first-order valence-electron chi connectivity index (χ1n) is 10.3. The number of hydrogen-bond donors (Lipinski definition) is 1. The lowest BCUT2D eigenvalue weighted by atomic mass is 9.79. The standard InChI is InChI=1S/C23H32N4O3/c1-22(2,3)30-21(29)25-18-9-7-16(8-10-18)11-20(28)27-14-19(23(4,5)15-27)17-12-24-26(6)13-17/h7-10,12-13,19H,11,14-15H2,1-6H3,(H,25,29). The maximum atomic E-state index is 12.9. The minimum Gasteiger partial charge on any atom is -0.444 e. The highest BCUT2D eigenvalue weighted by molar-refractivity contribution is 5.85. The molecule has 1 unspecified atom stereocenters. The number of aromatic nitrogens is 2. The molecule has 7 heteroatoms. The largest absolute Gasteiger partial charge is 0.444 e. The summed E-state index contributed by atoms with van der Waals surface area (Å²) in [5.74, 6) is 0.387. The molecule has 1 atom stereocenters. The van der Waals surface area contributed by atoms with Crippen molar-refractivity contribution in [3.63, 3.8) is 0 Å². The molecule has 0 saturated carbocycles. The zero-order valence-electron chi connectivity index (χ0n) is 18.7. The van der Waals surface area contributed by atoms with Crippen molar-refractivity contribution >= 4 is 17.7 Å². The molecule has 1 N–H and O–H groups in total. The zero-order chi connectivity index (χ0) is 22.1. The van der Waals surface area contributed by atoms with Crippen LogP contribution in [0.2, 0.25) is 0 Å². The summed E-state index contributed by atoms with van der Waals surface area (Å²) >= 11 is 0. The van der Waals surface area contributed by atoms with E-state index in [0.29, 0.717) is 18.7 Å². The molecule has 7 nitrogen and oxygen atoms in total. The smallest absolute Gasteiger partial charge is 0.412 e. The lowest BCUT2D eigenvalue weighted by Crippen LogP contribution is -2.31. The normalized spacial score (nSPS) is 18.3. The van der Waals surface area contributed by atoms with Crippen LogP contribution in [-0.4, -0.2) is 45.4 Å². The van der Waals surface area contributed by atoms with Gasteiger partial charge in [0.15, 0.2) is 0 Å². The van der Waals surface area contributed by atoms with Gasteiger partial charge in [-0.1, -0.05) is 26.0 Å². The van der Waals surface area contributed by atoms with Crippen LogP contribution in [0.4, 0.5) is 10.5 Å². The van der Waals surface area contributed by atoms with Crippen LogP contribution < -0.4 is 5.32 Å². The van der Waals surface area contributed by atoms with E-state index in [4.69, 9.17) is 4.74 Å². The number of anilines is 1. The summed E-state index contributed by atoms with van der Waals surface area (Å²) < 4.78 is 7.06. The molecule has 3 rings (SSSR count). The molecule has 1 aliphatic rings. The summed E-state index contributed by atoms with van der Waals surface area (Å²) in [4.78, 5) is 26.7. The highest BCUT2D eigenvalue weighted by Crippen LogP contribution is 2.42. The lowest BCUT2D eigenvalue weighted by molar-refractivity contribution is -0.129. The van der Waals surface area contributed by atoms with Crippen LogP contribution in [0.15, 0.2) is 36.7 Å². The molecule has 0 spiro atoms. The van der Waals surface area contributed by atoms with Crippen LogP contribution in [0.3, 0.4) is 0 Å².